The molecule has 0 bridgehead atoms. The molecule has 0 saturated carbocycles. The van der Waals surface area contributed by atoms with Crippen molar-refractivity contribution in [2.75, 3.05) is 20.3 Å². The molecule has 100 valence electrons. The topological polar surface area (TPSA) is 27.7 Å². The molecule has 1 saturated heterocycles. The Morgan fingerprint density at radius 2 is 2.00 bits per heavy atom. The number of methoxy groups -OCH3 is 1. The van der Waals surface area contributed by atoms with E-state index in [1.165, 1.54) is 5.56 Å². The molecule has 0 unspecified atom stereocenters. The predicted molar refractivity (Wildman–Crippen MR) is 70.4 cm³/mol. The Kier molecular flexibility index (Phi) is 5.17. The van der Waals surface area contributed by atoms with E-state index in [-0.39, 0.29) is 12.2 Å². The third kappa shape index (κ3) is 3.80. The molecule has 3 nitrogen and oxygen atoms in total. The molecule has 1 fully saturated rings. The van der Waals surface area contributed by atoms with Crippen LogP contribution in [-0.2, 0) is 20.8 Å². The molecule has 0 radical (unpaired) electrons. The molecule has 0 N–H and O–H groups in total. The monoisotopic (exact) mass is 250 g/mol. The third-order valence-corrected chi connectivity index (χ3v) is 3.38. The molecule has 2 rings (SSSR count). The van der Waals surface area contributed by atoms with Gasteiger partial charge in [0.1, 0.15) is 0 Å². The number of ether oxygens (including phenoxy) is 3. The maximum Gasteiger partial charge on any atom is 0.0840 e. The molecule has 1 aliphatic heterocycles. The van der Waals surface area contributed by atoms with Gasteiger partial charge in [-0.2, -0.15) is 0 Å². The lowest BCUT2D eigenvalue weighted by Crippen LogP contribution is -2.22. The lowest BCUT2D eigenvalue weighted by Gasteiger charge is -2.15. The highest BCUT2D eigenvalue weighted by Crippen LogP contribution is 2.26. The van der Waals surface area contributed by atoms with Gasteiger partial charge < -0.3 is 14.2 Å². The highest BCUT2D eigenvalue weighted by atomic mass is 16.6. The number of benzene rings is 1. The largest absolute Gasteiger partial charge is 0.382 e. The van der Waals surface area contributed by atoms with Crippen LogP contribution >= 0.6 is 0 Å². The standard InChI is InChI=1S/C15H22O3/c1-12-8-14(10-16-2)18-15(12)11-17-9-13-6-4-3-5-7-13/h3-7,12,14-15H,8-11H2,1-2H3/t12-,14-,15-/m1/s1. The van der Waals surface area contributed by atoms with E-state index in [1.807, 2.05) is 18.2 Å². The second-order valence-corrected chi connectivity index (χ2v) is 4.97. The Labute approximate surface area is 109 Å². The second-order valence-electron chi connectivity index (χ2n) is 4.97. The first-order chi connectivity index (χ1) is 8.79. The van der Waals surface area contributed by atoms with Crippen LogP contribution in [0.2, 0.25) is 0 Å². The van der Waals surface area contributed by atoms with Gasteiger partial charge in [-0.15, -0.1) is 0 Å². The summed E-state index contributed by atoms with van der Waals surface area (Å²) in [4.78, 5) is 0. The maximum atomic E-state index is 5.90. The molecule has 1 heterocycles. The minimum absolute atomic E-state index is 0.203. The van der Waals surface area contributed by atoms with Gasteiger partial charge in [0.15, 0.2) is 0 Å². The predicted octanol–water partition coefficient (Wildman–Crippen LogP) is 2.64. The van der Waals surface area contributed by atoms with E-state index in [9.17, 15) is 0 Å². The number of rotatable bonds is 6. The molecule has 1 aromatic rings. The Hall–Kier alpha value is -0.900. The third-order valence-electron chi connectivity index (χ3n) is 3.38. The van der Waals surface area contributed by atoms with E-state index < -0.39 is 0 Å². The lowest BCUT2D eigenvalue weighted by molar-refractivity contribution is -0.0480. The van der Waals surface area contributed by atoms with Crippen LogP contribution in [0.3, 0.4) is 0 Å². The zero-order valence-electron chi connectivity index (χ0n) is 11.2. The number of hydrogen-bond acceptors (Lipinski definition) is 3. The lowest BCUT2D eigenvalue weighted by atomic mass is 10.0. The first kappa shape index (κ1) is 13.5. The zero-order valence-corrected chi connectivity index (χ0v) is 11.2. The molecule has 0 spiro atoms. The summed E-state index contributed by atoms with van der Waals surface area (Å²) in [5, 5.41) is 0. The van der Waals surface area contributed by atoms with Gasteiger partial charge >= 0.3 is 0 Å². The number of hydrogen-bond donors (Lipinski definition) is 0. The minimum Gasteiger partial charge on any atom is -0.382 e. The first-order valence-electron chi connectivity index (χ1n) is 6.55. The molecular formula is C15H22O3. The summed E-state index contributed by atoms with van der Waals surface area (Å²) >= 11 is 0. The van der Waals surface area contributed by atoms with Crippen molar-refractivity contribution in [3.8, 4) is 0 Å². The van der Waals surface area contributed by atoms with Crippen LogP contribution in [0.15, 0.2) is 30.3 Å². The van der Waals surface area contributed by atoms with Crippen LogP contribution in [0.1, 0.15) is 18.9 Å². The molecule has 18 heavy (non-hydrogen) atoms. The molecule has 3 heteroatoms. The smallest absolute Gasteiger partial charge is 0.0840 e. The zero-order chi connectivity index (χ0) is 12.8. The van der Waals surface area contributed by atoms with Gasteiger partial charge in [0.05, 0.1) is 32.0 Å². The van der Waals surface area contributed by atoms with Crippen LogP contribution < -0.4 is 0 Å². The van der Waals surface area contributed by atoms with Crippen LogP contribution in [0.4, 0.5) is 0 Å². The van der Waals surface area contributed by atoms with Crippen molar-refractivity contribution < 1.29 is 14.2 Å². The summed E-state index contributed by atoms with van der Waals surface area (Å²) in [5.74, 6) is 0.543. The van der Waals surface area contributed by atoms with Crippen LogP contribution in [0.5, 0.6) is 0 Å². The van der Waals surface area contributed by atoms with Gasteiger partial charge in [-0.25, -0.2) is 0 Å². The summed E-state index contributed by atoms with van der Waals surface area (Å²) in [7, 11) is 1.72. The van der Waals surface area contributed by atoms with Gasteiger partial charge in [0, 0.05) is 7.11 Å². The van der Waals surface area contributed by atoms with E-state index in [0.717, 1.165) is 6.42 Å². The summed E-state index contributed by atoms with van der Waals surface area (Å²) in [6.45, 7) is 4.21. The fourth-order valence-corrected chi connectivity index (χ4v) is 2.37. The summed E-state index contributed by atoms with van der Waals surface area (Å²) in [6, 6.07) is 10.2. The Morgan fingerprint density at radius 1 is 1.22 bits per heavy atom. The summed E-state index contributed by atoms with van der Waals surface area (Å²) in [6.07, 6.45) is 1.50. The quantitative estimate of drug-likeness (QED) is 0.777. The van der Waals surface area contributed by atoms with Gasteiger partial charge in [-0.3, -0.25) is 0 Å². The van der Waals surface area contributed by atoms with E-state index in [0.29, 0.717) is 25.7 Å². The SMILES string of the molecule is COC[C@H]1C[C@@H](C)[C@@H](COCc2ccccc2)O1. The maximum absolute atomic E-state index is 5.90. The average Bonchev–Trinajstić information content (AvgIpc) is 2.72. The first-order valence-corrected chi connectivity index (χ1v) is 6.55. The van der Waals surface area contributed by atoms with E-state index >= 15 is 0 Å². The fraction of sp³-hybridized carbons (Fsp3) is 0.600. The average molecular weight is 250 g/mol. The molecule has 0 aliphatic carbocycles. The van der Waals surface area contributed by atoms with Crippen molar-refractivity contribution in [3.05, 3.63) is 35.9 Å². The van der Waals surface area contributed by atoms with Crippen molar-refractivity contribution in [1.29, 1.82) is 0 Å². The normalized spacial score (nSPS) is 27.6. The molecular weight excluding hydrogens is 228 g/mol. The Bertz CT molecular complexity index is 339. The van der Waals surface area contributed by atoms with Gasteiger partial charge in [0.25, 0.3) is 0 Å². The van der Waals surface area contributed by atoms with Gasteiger partial charge in [0.2, 0.25) is 0 Å². The highest BCUT2D eigenvalue weighted by molar-refractivity contribution is 5.13. The molecule has 0 aromatic heterocycles. The highest BCUT2D eigenvalue weighted by Gasteiger charge is 2.31. The van der Waals surface area contributed by atoms with Crippen LogP contribution in [-0.4, -0.2) is 32.5 Å². The minimum atomic E-state index is 0.203. The van der Waals surface area contributed by atoms with Crippen molar-refractivity contribution in [1.82, 2.24) is 0 Å². The molecule has 1 aromatic carbocycles. The van der Waals surface area contributed by atoms with Crippen LogP contribution in [0, 0.1) is 5.92 Å². The Balaban J connectivity index is 1.71. The van der Waals surface area contributed by atoms with Crippen LogP contribution in [0.25, 0.3) is 0 Å². The van der Waals surface area contributed by atoms with Crippen molar-refractivity contribution in [3.63, 3.8) is 0 Å². The van der Waals surface area contributed by atoms with Gasteiger partial charge in [-0.1, -0.05) is 37.3 Å². The molecule has 1 aliphatic rings. The second kappa shape index (κ2) is 6.88. The summed E-state index contributed by atoms with van der Waals surface area (Å²) < 4.78 is 16.8. The van der Waals surface area contributed by atoms with E-state index in [2.05, 4.69) is 19.1 Å². The molecule has 0 amide bonds. The summed E-state index contributed by atoms with van der Waals surface area (Å²) in [5.41, 5.74) is 1.21. The van der Waals surface area contributed by atoms with E-state index in [1.54, 1.807) is 7.11 Å². The van der Waals surface area contributed by atoms with Crippen molar-refractivity contribution >= 4 is 0 Å². The van der Waals surface area contributed by atoms with Crippen molar-refractivity contribution in [2.24, 2.45) is 5.92 Å². The van der Waals surface area contributed by atoms with E-state index in [4.69, 9.17) is 14.2 Å². The van der Waals surface area contributed by atoms with Gasteiger partial charge in [-0.05, 0) is 17.9 Å². The van der Waals surface area contributed by atoms with Crippen molar-refractivity contribution in [2.45, 2.75) is 32.2 Å². The fourth-order valence-electron chi connectivity index (χ4n) is 2.37. The Morgan fingerprint density at radius 3 is 2.72 bits per heavy atom. The molecule has 3 atom stereocenters.